The molecule has 5 heteroatoms. The van der Waals surface area contributed by atoms with Gasteiger partial charge in [-0.15, -0.1) is 0 Å². The number of rotatable bonds is 2. The Bertz CT molecular complexity index is 711. The van der Waals surface area contributed by atoms with Crippen molar-refractivity contribution >= 4 is 23.0 Å². The molecule has 100 valence electrons. The minimum absolute atomic E-state index is 0.235. The molecule has 2 N–H and O–H groups in total. The summed E-state index contributed by atoms with van der Waals surface area (Å²) in [5.74, 6) is 0.205. The average Bonchev–Trinajstić information content (AvgIpc) is 2.48. The van der Waals surface area contributed by atoms with Crippen LogP contribution in [0.25, 0.3) is 6.08 Å². The lowest BCUT2D eigenvalue weighted by molar-refractivity contribution is 0.0965. The summed E-state index contributed by atoms with van der Waals surface area (Å²) in [7, 11) is -1.35. The molecule has 1 unspecified atom stereocenters. The first-order valence-corrected chi connectivity index (χ1v) is 7.24. The number of carbonyl (C=O) groups is 1. The average molecular weight is 284 g/mol. The largest absolute Gasteiger partial charge is 0.308 e. The fourth-order valence-electron chi connectivity index (χ4n) is 1.95. The van der Waals surface area contributed by atoms with Crippen LogP contribution in [-0.2, 0) is 11.0 Å². The summed E-state index contributed by atoms with van der Waals surface area (Å²) in [5, 5.41) is 2.72. The molecule has 1 amide bonds. The first-order valence-electron chi connectivity index (χ1n) is 6.09. The van der Waals surface area contributed by atoms with Crippen LogP contribution in [0.4, 0.5) is 0 Å². The van der Waals surface area contributed by atoms with Gasteiger partial charge in [-0.1, -0.05) is 36.4 Å². The zero-order valence-electron chi connectivity index (χ0n) is 10.5. The van der Waals surface area contributed by atoms with E-state index in [1.807, 2.05) is 24.3 Å². The highest BCUT2D eigenvalue weighted by molar-refractivity contribution is 7.83. The summed E-state index contributed by atoms with van der Waals surface area (Å²) in [6.07, 6.45) is 1.78. The van der Waals surface area contributed by atoms with Gasteiger partial charge in [0.1, 0.15) is 5.82 Å². The van der Waals surface area contributed by atoms with Gasteiger partial charge in [-0.05, 0) is 29.8 Å². The van der Waals surface area contributed by atoms with Crippen molar-refractivity contribution in [2.45, 2.75) is 4.90 Å². The SMILES string of the molecule is O=C(NC1=Cc2ccccc2S(=O)N1)c1ccccc1. The number of fused-ring (bicyclic) bond motifs is 1. The van der Waals surface area contributed by atoms with Gasteiger partial charge in [-0.2, -0.15) is 0 Å². The van der Waals surface area contributed by atoms with Gasteiger partial charge in [-0.25, -0.2) is 4.21 Å². The molecule has 4 nitrogen and oxygen atoms in total. The molecule has 2 aromatic rings. The Labute approximate surface area is 119 Å². The maximum absolute atomic E-state index is 12.0. The molecule has 0 saturated heterocycles. The Kier molecular flexibility index (Phi) is 3.35. The summed E-state index contributed by atoms with van der Waals surface area (Å²) in [6.45, 7) is 0. The van der Waals surface area contributed by atoms with Gasteiger partial charge >= 0.3 is 0 Å². The Morgan fingerprint density at radius 1 is 1.00 bits per heavy atom. The van der Waals surface area contributed by atoms with Crippen molar-refractivity contribution in [1.82, 2.24) is 10.0 Å². The van der Waals surface area contributed by atoms with E-state index >= 15 is 0 Å². The molecule has 1 aliphatic heterocycles. The van der Waals surface area contributed by atoms with Crippen LogP contribution in [0.5, 0.6) is 0 Å². The summed E-state index contributed by atoms with van der Waals surface area (Å²) in [5.41, 5.74) is 1.40. The molecular formula is C15H12N2O2S. The van der Waals surface area contributed by atoms with Crippen molar-refractivity contribution in [3.8, 4) is 0 Å². The van der Waals surface area contributed by atoms with Crippen molar-refractivity contribution < 1.29 is 9.00 Å². The normalized spacial score (nSPS) is 16.6. The van der Waals surface area contributed by atoms with E-state index in [0.717, 1.165) is 5.56 Å². The molecular weight excluding hydrogens is 272 g/mol. The molecule has 0 aliphatic carbocycles. The van der Waals surface area contributed by atoms with E-state index in [4.69, 9.17) is 0 Å². The molecule has 0 radical (unpaired) electrons. The van der Waals surface area contributed by atoms with Crippen molar-refractivity contribution in [1.29, 1.82) is 0 Å². The number of carbonyl (C=O) groups excluding carboxylic acids is 1. The smallest absolute Gasteiger partial charge is 0.256 e. The van der Waals surface area contributed by atoms with Gasteiger partial charge < -0.3 is 5.32 Å². The first-order chi connectivity index (χ1) is 9.74. The van der Waals surface area contributed by atoms with Crippen LogP contribution < -0.4 is 10.0 Å². The van der Waals surface area contributed by atoms with E-state index in [9.17, 15) is 9.00 Å². The number of nitrogens with one attached hydrogen (secondary N) is 2. The van der Waals surface area contributed by atoms with Crippen LogP contribution in [0.2, 0.25) is 0 Å². The van der Waals surface area contributed by atoms with Crippen LogP contribution in [-0.4, -0.2) is 10.1 Å². The molecule has 0 aromatic heterocycles. The van der Waals surface area contributed by atoms with Gasteiger partial charge in [0, 0.05) is 5.56 Å². The molecule has 1 atom stereocenters. The minimum Gasteiger partial charge on any atom is -0.308 e. The number of amides is 1. The van der Waals surface area contributed by atoms with Crippen LogP contribution >= 0.6 is 0 Å². The van der Waals surface area contributed by atoms with Crippen LogP contribution in [0, 0.1) is 0 Å². The van der Waals surface area contributed by atoms with Gasteiger partial charge in [0.25, 0.3) is 5.91 Å². The van der Waals surface area contributed by atoms with Crippen molar-refractivity contribution in [2.75, 3.05) is 0 Å². The van der Waals surface area contributed by atoms with Crippen molar-refractivity contribution in [3.05, 3.63) is 71.5 Å². The maximum atomic E-state index is 12.0. The molecule has 1 aliphatic rings. The van der Waals surface area contributed by atoms with E-state index in [0.29, 0.717) is 16.3 Å². The lowest BCUT2D eigenvalue weighted by atomic mass is 10.2. The van der Waals surface area contributed by atoms with E-state index in [1.54, 1.807) is 36.4 Å². The van der Waals surface area contributed by atoms with Crippen molar-refractivity contribution in [3.63, 3.8) is 0 Å². The predicted molar refractivity (Wildman–Crippen MR) is 77.9 cm³/mol. The van der Waals surface area contributed by atoms with E-state index in [2.05, 4.69) is 10.0 Å². The number of hydrogen-bond donors (Lipinski definition) is 2. The first kappa shape index (κ1) is 12.6. The molecule has 0 bridgehead atoms. The summed E-state index contributed by atoms with van der Waals surface area (Å²) in [4.78, 5) is 12.8. The summed E-state index contributed by atoms with van der Waals surface area (Å²) >= 11 is 0. The Morgan fingerprint density at radius 2 is 1.70 bits per heavy atom. The monoisotopic (exact) mass is 284 g/mol. The van der Waals surface area contributed by atoms with Crippen LogP contribution in [0.1, 0.15) is 15.9 Å². The summed E-state index contributed by atoms with van der Waals surface area (Å²) < 4.78 is 14.8. The third-order valence-electron chi connectivity index (χ3n) is 2.91. The second kappa shape index (κ2) is 5.30. The Hall–Kier alpha value is -2.40. The highest BCUT2D eigenvalue weighted by atomic mass is 32.2. The van der Waals surface area contributed by atoms with Gasteiger partial charge in [0.15, 0.2) is 11.0 Å². The minimum atomic E-state index is -1.35. The maximum Gasteiger partial charge on any atom is 0.256 e. The lowest BCUT2D eigenvalue weighted by Crippen LogP contribution is -2.34. The van der Waals surface area contributed by atoms with Gasteiger partial charge in [0.05, 0.1) is 4.90 Å². The number of hydrogen-bond acceptors (Lipinski definition) is 2. The second-order valence-electron chi connectivity index (χ2n) is 4.29. The molecule has 1 heterocycles. The highest BCUT2D eigenvalue weighted by Crippen LogP contribution is 2.19. The second-order valence-corrected chi connectivity index (χ2v) is 5.47. The van der Waals surface area contributed by atoms with E-state index < -0.39 is 11.0 Å². The van der Waals surface area contributed by atoms with E-state index in [-0.39, 0.29) is 5.91 Å². The molecule has 2 aromatic carbocycles. The number of benzene rings is 2. The molecule has 3 rings (SSSR count). The Morgan fingerprint density at radius 3 is 2.50 bits per heavy atom. The zero-order chi connectivity index (χ0) is 13.9. The Balaban J connectivity index is 1.85. The topological polar surface area (TPSA) is 58.2 Å². The molecule has 0 fully saturated rings. The van der Waals surface area contributed by atoms with Crippen molar-refractivity contribution in [2.24, 2.45) is 0 Å². The fraction of sp³-hybridized carbons (Fsp3) is 0. The third kappa shape index (κ3) is 2.48. The molecule has 0 saturated carbocycles. The van der Waals surface area contributed by atoms with Crippen LogP contribution in [0.15, 0.2) is 65.3 Å². The van der Waals surface area contributed by atoms with Gasteiger partial charge in [0.2, 0.25) is 0 Å². The third-order valence-corrected chi connectivity index (χ3v) is 4.08. The van der Waals surface area contributed by atoms with E-state index in [1.165, 1.54) is 0 Å². The fourth-order valence-corrected chi connectivity index (χ4v) is 2.92. The standard InChI is InChI=1S/C15H12N2O2S/c18-15(11-6-2-1-3-7-11)16-14-10-12-8-4-5-9-13(12)20(19)17-14/h1-10,17H,(H,16,18). The predicted octanol–water partition coefficient (Wildman–Crippen LogP) is 2.04. The van der Waals surface area contributed by atoms with Crippen LogP contribution in [0.3, 0.4) is 0 Å². The summed E-state index contributed by atoms with van der Waals surface area (Å²) in [6, 6.07) is 16.3. The molecule has 20 heavy (non-hydrogen) atoms. The zero-order valence-corrected chi connectivity index (χ0v) is 11.3. The highest BCUT2D eigenvalue weighted by Gasteiger charge is 2.17. The quantitative estimate of drug-likeness (QED) is 0.886. The lowest BCUT2D eigenvalue weighted by Gasteiger charge is -2.18. The molecule has 0 spiro atoms. The van der Waals surface area contributed by atoms with Gasteiger partial charge in [-0.3, -0.25) is 9.52 Å².